The summed E-state index contributed by atoms with van der Waals surface area (Å²) in [6.45, 7) is 1.33. The molecule has 1 heterocycles. The zero-order chi connectivity index (χ0) is 22.3. The van der Waals surface area contributed by atoms with Gasteiger partial charge in [0.05, 0.1) is 12.3 Å². The van der Waals surface area contributed by atoms with Crippen LogP contribution >= 0.6 is 23.4 Å². The van der Waals surface area contributed by atoms with Crippen LogP contribution in [0.25, 0.3) is 0 Å². The van der Waals surface area contributed by atoms with E-state index in [4.69, 9.17) is 16.3 Å². The molecule has 3 aromatic carbocycles. The molecule has 0 bridgehead atoms. The summed E-state index contributed by atoms with van der Waals surface area (Å²) in [7, 11) is 0. The third-order valence-corrected chi connectivity index (χ3v) is 6.60. The highest BCUT2D eigenvalue weighted by atomic mass is 35.5. The fourth-order valence-electron chi connectivity index (χ4n) is 3.45. The van der Waals surface area contributed by atoms with Gasteiger partial charge in [0, 0.05) is 17.1 Å². The number of nitrogens with one attached hydrogen (secondary N) is 1. The van der Waals surface area contributed by atoms with E-state index >= 15 is 0 Å². The Morgan fingerprint density at radius 1 is 1.03 bits per heavy atom. The Labute approximate surface area is 196 Å². The largest absolute Gasteiger partial charge is 0.492 e. The molecule has 1 saturated heterocycles. The number of ether oxygens (including phenoxy) is 1. The van der Waals surface area contributed by atoms with Crippen molar-refractivity contribution in [2.24, 2.45) is 0 Å². The van der Waals surface area contributed by atoms with Crippen LogP contribution in [-0.4, -0.2) is 35.6 Å². The monoisotopic (exact) mass is 466 g/mol. The quantitative estimate of drug-likeness (QED) is 0.478. The molecule has 0 aromatic heterocycles. The number of thioether (sulfide) groups is 1. The molecular weight excluding hydrogens is 444 g/mol. The number of nitrogens with zero attached hydrogens (tertiary/aromatic N) is 1. The number of amides is 2. The standard InChI is InChI=1S/C25H23ClN2O3S/c26-21-10-12-22(13-11-21)31-15-14-27-24(30)19-6-8-20(9-7-19)25-28(23(29)17-32-25)16-18-4-2-1-3-5-18/h1-13,25H,14-17H2,(H,27,30). The fourth-order valence-corrected chi connectivity index (χ4v) is 4.76. The Morgan fingerprint density at radius 2 is 1.75 bits per heavy atom. The predicted octanol–water partition coefficient (Wildman–Crippen LogP) is 4.92. The molecule has 0 aliphatic carbocycles. The molecule has 2 amide bonds. The summed E-state index contributed by atoms with van der Waals surface area (Å²) < 4.78 is 5.59. The van der Waals surface area contributed by atoms with E-state index < -0.39 is 0 Å². The van der Waals surface area contributed by atoms with Gasteiger partial charge < -0.3 is 15.0 Å². The Hall–Kier alpha value is -2.96. The maximum atomic E-state index is 12.4. The number of halogens is 1. The summed E-state index contributed by atoms with van der Waals surface area (Å²) in [6.07, 6.45) is 0. The number of hydrogen-bond acceptors (Lipinski definition) is 4. The molecule has 4 rings (SSSR count). The molecule has 3 aromatic rings. The third kappa shape index (κ3) is 5.64. The van der Waals surface area contributed by atoms with Crippen molar-refractivity contribution in [3.63, 3.8) is 0 Å². The maximum Gasteiger partial charge on any atom is 0.251 e. The van der Waals surface area contributed by atoms with E-state index in [1.54, 1.807) is 48.2 Å². The first-order chi connectivity index (χ1) is 15.6. The minimum absolute atomic E-state index is 0.0485. The Morgan fingerprint density at radius 3 is 2.47 bits per heavy atom. The lowest BCUT2D eigenvalue weighted by molar-refractivity contribution is -0.128. The molecule has 0 spiro atoms. The first-order valence-electron chi connectivity index (χ1n) is 10.3. The lowest BCUT2D eigenvalue weighted by atomic mass is 10.1. The van der Waals surface area contributed by atoms with Crippen LogP contribution in [0.15, 0.2) is 78.9 Å². The van der Waals surface area contributed by atoms with Gasteiger partial charge in [0.15, 0.2) is 0 Å². The van der Waals surface area contributed by atoms with Crippen molar-refractivity contribution in [1.82, 2.24) is 10.2 Å². The molecule has 5 nitrogen and oxygen atoms in total. The molecule has 1 N–H and O–H groups in total. The molecular formula is C25H23ClN2O3S. The molecule has 164 valence electrons. The van der Waals surface area contributed by atoms with Crippen LogP contribution in [0.1, 0.15) is 26.9 Å². The van der Waals surface area contributed by atoms with E-state index in [1.807, 2.05) is 47.4 Å². The average Bonchev–Trinajstić information content (AvgIpc) is 3.18. The second-order valence-electron chi connectivity index (χ2n) is 7.35. The summed E-state index contributed by atoms with van der Waals surface area (Å²) >= 11 is 7.47. The lowest BCUT2D eigenvalue weighted by Gasteiger charge is -2.24. The van der Waals surface area contributed by atoms with Gasteiger partial charge in [0.1, 0.15) is 17.7 Å². The highest BCUT2D eigenvalue weighted by Crippen LogP contribution is 2.39. The van der Waals surface area contributed by atoms with Crippen molar-refractivity contribution in [3.05, 3.63) is 101 Å². The van der Waals surface area contributed by atoms with Crippen LogP contribution < -0.4 is 10.1 Å². The van der Waals surface area contributed by atoms with Gasteiger partial charge in [-0.05, 0) is 47.5 Å². The molecule has 1 atom stereocenters. The van der Waals surface area contributed by atoms with Gasteiger partial charge in [0.25, 0.3) is 5.91 Å². The average molecular weight is 467 g/mol. The van der Waals surface area contributed by atoms with Crippen LogP contribution in [0.5, 0.6) is 5.75 Å². The van der Waals surface area contributed by atoms with Gasteiger partial charge >= 0.3 is 0 Å². The molecule has 0 saturated carbocycles. The van der Waals surface area contributed by atoms with E-state index in [-0.39, 0.29) is 17.2 Å². The summed E-state index contributed by atoms with van der Waals surface area (Å²) in [5, 5.41) is 3.46. The molecule has 0 radical (unpaired) electrons. The summed E-state index contributed by atoms with van der Waals surface area (Å²) in [4.78, 5) is 26.8. The maximum absolute atomic E-state index is 12.4. The van der Waals surface area contributed by atoms with Crippen LogP contribution in [0.2, 0.25) is 5.02 Å². The number of carbonyl (C=O) groups is 2. The van der Waals surface area contributed by atoms with E-state index in [1.165, 1.54) is 0 Å². The van der Waals surface area contributed by atoms with Crippen molar-refractivity contribution >= 4 is 35.2 Å². The van der Waals surface area contributed by atoms with Crippen LogP contribution in [0, 0.1) is 0 Å². The van der Waals surface area contributed by atoms with Crippen molar-refractivity contribution < 1.29 is 14.3 Å². The Balaban J connectivity index is 1.31. The molecule has 1 aliphatic heterocycles. The smallest absolute Gasteiger partial charge is 0.251 e. The summed E-state index contributed by atoms with van der Waals surface area (Å²) in [5.41, 5.74) is 2.69. The van der Waals surface area contributed by atoms with E-state index in [0.29, 0.717) is 41.8 Å². The molecule has 32 heavy (non-hydrogen) atoms. The minimum atomic E-state index is -0.160. The zero-order valence-electron chi connectivity index (χ0n) is 17.4. The van der Waals surface area contributed by atoms with Gasteiger partial charge in [0.2, 0.25) is 5.91 Å². The van der Waals surface area contributed by atoms with Crippen molar-refractivity contribution in [2.45, 2.75) is 11.9 Å². The SMILES string of the molecule is O=C(NCCOc1ccc(Cl)cc1)c1ccc(C2SCC(=O)N2Cc2ccccc2)cc1. The van der Waals surface area contributed by atoms with Crippen molar-refractivity contribution in [2.75, 3.05) is 18.9 Å². The third-order valence-electron chi connectivity index (χ3n) is 5.09. The number of hydrogen-bond donors (Lipinski definition) is 1. The molecule has 1 fully saturated rings. The van der Waals surface area contributed by atoms with E-state index in [0.717, 1.165) is 11.1 Å². The van der Waals surface area contributed by atoms with Gasteiger partial charge in [-0.3, -0.25) is 9.59 Å². The topological polar surface area (TPSA) is 58.6 Å². The Kier molecular flexibility index (Phi) is 7.35. The van der Waals surface area contributed by atoms with Crippen LogP contribution in [0.3, 0.4) is 0 Å². The fraction of sp³-hybridized carbons (Fsp3) is 0.200. The second-order valence-corrected chi connectivity index (χ2v) is 8.86. The van der Waals surface area contributed by atoms with Crippen molar-refractivity contribution in [3.8, 4) is 5.75 Å². The Bertz CT molecular complexity index is 1060. The highest BCUT2D eigenvalue weighted by molar-refractivity contribution is 8.00. The number of benzene rings is 3. The van der Waals surface area contributed by atoms with Gasteiger partial charge in [-0.1, -0.05) is 54.1 Å². The van der Waals surface area contributed by atoms with Crippen LogP contribution in [0.4, 0.5) is 0 Å². The molecule has 1 aliphatic rings. The minimum Gasteiger partial charge on any atom is -0.492 e. The van der Waals surface area contributed by atoms with Crippen molar-refractivity contribution in [1.29, 1.82) is 0 Å². The van der Waals surface area contributed by atoms with Crippen LogP contribution in [-0.2, 0) is 11.3 Å². The lowest BCUT2D eigenvalue weighted by Crippen LogP contribution is -2.28. The first-order valence-corrected chi connectivity index (χ1v) is 11.7. The molecule has 7 heteroatoms. The summed E-state index contributed by atoms with van der Waals surface area (Å²) in [5.74, 6) is 1.14. The van der Waals surface area contributed by atoms with Gasteiger partial charge in [-0.2, -0.15) is 0 Å². The summed E-state index contributed by atoms with van der Waals surface area (Å²) in [6, 6.07) is 24.5. The second kappa shape index (κ2) is 10.6. The zero-order valence-corrected chi connectivity index (χ0v) is 18.9. The predicted molar refractivity (Wildman–Crippen MR) is 128 cm³/mol. The highest BCUT2D eigenvalue weighted by Gasteiger charge is 2.32. The molecule has 1 unspecified atom stereocenters. The van der Waals surface area contributed by atoms with Gasteiger partial charge in [-0.15, -0.1) is 11.8 Å². The van der Waals surface area contributed by atoms with E-state index in [9.17, 15) is 9.59 Å². The first kappa shape index (κ1) is 22.2. The number of carbonyl (C=O) groups excluding carboxylic acids is 2. The normalized spacial score (nSPS) is 15.6. The van der Waals surface area contributed by atoms with Gasteiger partial charge in [-0.25, -0.2) is 0 Å². The number of rotatable bonds is 8. The van der Waals surface area contributed by atoms with E-state index in [2.05, 4.69) is 5.32 Å².